The maximum Gasteiger partial charge on any atom is 0.191 e. The van der Waals surface area contributed by atoms with Gasteiger partial charge in [0.15, 0.2) is 5.96 Å². The van der Waals surface area contributed by atoms with Crippen LogP contribution < -0.4 is 10.6 Å². The van der Waals surface area contributed by atoms with Gasteiger partial charge in [-0.15, -0.1) is 24.0 Å². The molecule has 0 fully saturated rings. The molecule has 1 aromatic carbocycles. The van der Waals surface area contributed by atoms with Crippen LogP contribution in [0.25, 0.3) is 5.69 Å². The molecule has 0 aliphatic heterocycles. The first-order chi connectivity index (χ1) is 14.5. The second-order valence-corrected chi connectivity index (χ2v) is 7.26. The third kappa shape index (κ3) is 6.78. The molecule has 3 rings (SSSR count). The van der Waals surface area contributed by atoms with E-state index in [4.69, 9.17) is 0 Å². The van der Waals surface area contributed by atoms with E-state index in [1.807, 2.05) is 31.5 Å². The highest BCUT2D eigenvalue weighted by atomic mass is 127. The number of aliphatic imine (C=N–C) groups is 1. The Kier molecular flexibility index (Phi) is 9.47. The number of imidazole rings is 1. The van der Waals surface area contributed by atoms with E-state index in [-0.39, 0.29) is 29.8 Å². The van der Waals surface area contributed by atoms with E-state index in [0.29, 0.717) is 12.2 Å². The molecule has 7 nitrogen and oxygen atoms in total. The summed E-state index contributed by atoms with van der Waals surface area (Å²) in [5, 5.41) is 11.0. The smallest absolute Gasteiger partial charge is 0.191 e. The lowest BCUT2D eigenvalue weighted by atomic mass is 10.2. The Balaban J connectivity index is 0.00000341. The lowest BCUT2D eigenvalue weighted by Crippen LogP contribution is -2.38. The van der Waals surface area contributed by atoms with Crippen LogP contribution in [0.5, 0.6) is 0 Å². The van der Waals surface area contributed by atoms with Crippen molar-refractivity contribution in [2.24, 2.45) is 4.99 Å². The Morgan fingerprint density at radius 1 is 1.16 bits per heavy atom. The van der Waals surface area contributed by atoms with E-state index in [1.54, 1.807) is 23.0 Å². The summed E-state index contributed by atoms with van der Waals surface area (Å²) >= 11 is 0. The first kappa shape index (κ1) is 24.8. The predicted molar refractivity (Wildman–Crippen MR) is 133 cm³/mol. The number of hydrogen-bond acceptors (Lipinski definition) is 3. The monoisotopic (exact) mass is 539 g/mol. The quantitative estimate of drug-likeness (QED) is 0.197. The minimum Gasteiger partial charge on any atom is -0.357 e. The van der Waals surface area contributed by atoms with Crippen molar-refractivity contribution in [3.8, 4) is 5.69 Å². The molecule has 31 heavy (non-hydrogen) atoms. The Labute approximate surface area is 200 Å². The summed E-state index contributed by atoms with van der Waals surface area (Å²) in [5.74, 6) is 1.19. The Morgan fingerprint density at radius 3 is 2.58 bits per heavy atom. The SMILES string of the molecule is CCNC(=NCc1ccc(-n2ccnc2C)c(F)c1)NCCCn1nc(C)cc1C.I. The van der Waals surface area contributed by atoms with Gasteiger partial charge in [0.25, 0.3) is 0 Å². The molecule has 0 spiro atoms. The van der Waals surface area contributed by atoms with Crippen molar-refractivity contribution < 1.29 is 4.39 Å². The van der Waals surface area contributed by atoms with Crippen molar-refractivity contribution in [3.05, 3.63) is 65.3 Å². The van der Waals surface area contributed by atoms with Gasteiger partial charge in [-0.25, -0.2) is 14.4 Å². The van der Waals surface area contributed by atoms with Gasteiger partial charge in [-0.2, -0.15) is 5.10 Å². The number of guanidine groups is 1. The highest BCUT2D eigenvalue weighted by molar-refractivity contribution is 14.0. The Hall–Kier alpha value is -2.43. The van der Waals surface area contributed by atoms with Crippen molar-refractivity contribution in [2.45, 2.75) is 47.2 Å². The van der Waals surface area contributed by atoms with E-state index in [9.17, 15) is 4.39 Å². The topological polar surface area (TPSA) is 72.1 Å². The number of halogens is 2. The third-order valence-corrected chi connectivity index (χ3v) is 4.80. The summed E-state index contributed by atoms with van der Waals surface area (Å²) in [6.07, 6.45) is 4.35. The Bertz CT molecular complexity index is 1010. The van der Waals surface area contributed by atoms with Crippen LogP contribution in [0.4, 0.5) is 4.39 Å². The van der Waals surface area contributed by atoms with Crippen molar-refractivity contribution in [1.29, 1.82) is 0 Å². The average molecular weight is 539 g/mol. The summed E-state index contributed by atoms with van der Waals surface area (Å²) in [6.45, 7) is 10.7. The van der Waals surface area contributed by atoms with Crippen molar-refractivity contribution in [2.75, 3.05) is 13.1 Å². The van der Waals surface area contributed by atoms with Crippen LogP contribution in [-0.4, -0.2) is 38.4 Å². The van der Waals surface area contributed by atoms with Gasteiger partial charge in [0.05, 0.1) is 17.9 Å². The van der Waals surface area contributed by atoms with Gasteiger partial charge in [-0.3, -0.25) is 4.68 Å². The lowest BCUT2D eigenvalue weighted by Gasteiger charge is -2.12. The molecule has 0 aliphatic rings. The van der Waals surface area contributed by atoms with Crippen LogP contribution in [0, 0.1) is 26.6 Å². The van der Waals surface area contributed by atoms with Gasteiger partial charge in [-0.1, -0.05) is 6.07 Å². The summed E-state index contributed by atoms with van der Waals surface area (Å²) < 4.78 is 18.3. The van der Waals surface area contributed by atoms with Gasteiger partial charge in [0, 0.05) is 37.7 Å². The molecule has 0 amide bonds. The van der Waals surface area contributed by atoms with E-state index < -0.39 is 0 Å². The van der Waals surface area contributed by atoms with Gasteiger partial charge >= 0.3 is 0 Å². The van der Waals surface area contributed by atoms with E-state index in [1.165, 1.54) is 11.8 Å². The second kappa shape index (κ2) is 11.8. The zero-order valence-electron chi connectivity index (χ0n) is 18.5. The molecular weight excluding hydrogens is 508 g/mol. The molecule has 0 unspecified atom stereocenters. The standard InChI is InChI=1S/C22H30FN7.HI/c1-5-24-22(26-9-6-11-30-17(3)13-16(2)28-30)27-15-19-7-8-21(20(23)14-19)29-12-10-25-18(29)4;/h7-8,10,12-14H,5-6,9,11,15H2,1-4H3,(H2,24,26,27);1H. The molecule has 0 aliphatic carbocycles. The predicted octanol–water partition coefficient (Wildman–Crippen LogP) is 3.90. The number of nitrogens with zero attached hydrogens (tertiary/aromatic N) is 5. The highest BCUT2D eigenvalue weighted by Crippen LogP contribution is 2.17. The number of rotatable bonds is 8. The molecule has 2 heterocycles. The van der Waals surface area contributed by atoms with Gasteiger partial charge < -0.3 is 15.2 Å². The molecule has 2 N–H and O–H groups in total. The fraction of sp³-hybridized carbons (Fsp3) is 0.409. The van der Waals surface area contributed by atoms with Crippen molar-refractivity contribution in [1.82, 2.24) is 30.0 Å². The van der Waals surface area contributed by atoms with E-state index >= 15 is 0 Å². The Morgan fingerprint density at radius 2 is 1.97 bits per heavy atom. The largest absolute Gasteiger partial charge is 0.357 e. The fourth-order valence-corrected chi connectivity index (χ4v) is 3.33. The second-order valence-electron chi connectivity index (χ2n) is 7.26. The van der Waals surface area contributed by atoms with E-state index in [2.05, 4.69) is 38.7 Å². The number of aromatic nitrogens is 4. The summed E-state index contributed by atoms with van der Waals surface area (Å²) in [7, 11) is 0. The summed E-state index contributed by atoms with van der Waals surface area (Å²) in [5.41, 5.74) is 3.52. The van der Waals surface area contributed by atoms with Crippen molar-refractivity contribution >= 4 is 29.9 Å². The number of hydrogen-bond donors (Lipinski definition) is 2. The van der Waals surface area contributed by atoms with Gasteiger partial charge in [-0.05, 0) is 57.9 Å². The van der Waals surface area contributed by atoms with Gasteiger partial charge in [0.2, 0.25) is 0 Å². The number of benzene rings is 1. The molecule has 0 saturated carbocycles. The minimum absolute atomic E-state index is 0. The molecular formula is C22H31FIN7. The molecule has 3 aromatic rings. The first-order valence-electron chi connectivity index (χ1n) is 10.3. The first-order valence-corrected chi connectivity index (χ1v) is 10.3. The molecule has 9 heteroatoms. The van der Waals surface area contributed by atoms with Crippen molar-refractivity contribution in [3.63, 3.8) is 0 Å². The normalized spacial score (nSPS) is 11.3. The third-order valence-electron chi connectivity index (χ3n) is 4.80. The molecule has 168 valence electrons. The van der Waals surface area contributed by atoms with Crippen LogP contribution in [0.2, 0.25) is 0 Å². The molecule has 2 aromatic heterocycles. The fourth-order valence-electron chi connectivity index (χ4n) is 3.33. The molecule has 0 atom stereocenters. The lowest BCUT2D eigenvalue weighted by molar-refractivity contribution is 0.555. The van der Waals surface area contributed by atoms with Crippen LogP contribution in [0.3, 0.4) is 0 Å². The van der Waals surface area contributed by atoms with Crippen LogP contribution >= 0.6 is 24.0 Å². The zero-order chi connectivity index (χ0) is 21.5. The maximum absolute atomic E-state index is 14.6. The summed E-state index contributed by atoms with van der Waals surface area (Å²) in [4.78, 5) is 8.74. The minimum atomic E-state index is -0.286. The average Bonchev–Trinajstić information content (AvgIpc) is 3.27. The molecule has 0 bridgehead atoms. The zero-order valence-corrected chi connectivity index (χ0v) is 20.9. The van der Waals surface area contributed by atoms with Crippen LogP contribution in [-0.2, 0) is 13.1 Å². The molecule has 0 saturated heterocycles. The van der Waals surface area contributed by atoms with E-state index in [0.717, 1.165) is 49.1 Å². The number of aryl methyl sites for hydroxylation is 4. The molecule has 0 radical (unpaired) electrons. The van der Waals surface area contributed by atoms with Crippen LogP contribution in [0.1, 0.15) is 36.1 Å². The highest BCUT2D eigenvalue weighted by Gasteiger charge is 2.08. The maximum atomic E-state index is 14.6. The number of nitrogens with one attached hydrogen (secondary N) is 2. The van der Waals surface area contributed by atoms with Crippen LogP contribution in [0.15, 0.2) is 41.7 Å². The van der Waals surface area contributed by atoms with Gasteiger partial charge in [0.1, 0.15) is 11.6 Å². The summed E-state index contributed by atoms with van der Waals surface area (Å²) in [6, 6.07) is 7.28.